The maximum atomic E-state index is 12.0. The Kier molecular flexibility index (Phi) is 4.39. The Bertz CT molecular complexity index is 686. The second-order valence-corrected chi connectivity index (χ2v) is 4.68. The molecule has 21 heavy (non-hydrogen) atoms. The van der Waals surface area contributed by atoms with Crippen molar-refractivity contribution >= 4 is 23.2 Å². The van der Waals surface area contributed by atoms with Crippen LogP contribution < -0.4 is 5.32 Å². The molecule has 0 aliphatic carbocycles. The van der Waals surface area contributed by atoms with E-state index in [1.165, 1.54) is 24.3 Å². The summed E-state index contributed by atoms with van der Waals surface area (Å²) in [4.78, 5) is 22.1. The lowest BCUT2D eigenvalue weighted by molar-refractivity contribution is -0.384. The summed E-state index contributed by atoms with van der Waals surface area (Å²) < 4.78 is 0. The van der Waals surface area contributed by atoms with E-state index in [-0.39, 0.29) is 28.6 Å². The van der Waals surface area contributed by atoms with Gasteiger partial charge >= 0.3 is 0 Å². The van der Waals surface area contributed by atoms with Gasteiger partial charge in [-0.05, 0) is 23.8 Å². The molecule has 0 heterocycles. The average Bonchev–Trinajstić information content (AvgIpc) is 2.46. The smallest absolute Gasteiger partial charge is 0.270 e. The van der Waals surface area contributed by atoms with Crippen LogP contribution in [0.2, 0.25) is 5.02 Å². The zero-order valence-electron chi connectivity index (χ0n) is 10.7. The van der Waals surface area contributed by atoms with Gasteiger partial charge in [0.2, 0.25) is 0 Å². The number of rotatable bonds is 4. The predicted octanol–water partition coefficient (Wildman–Crippen LogP) is 2.88. The van der Waals surface area contributed by atoms with Gasteiger partial charge in [0.05, 0.1) is 15.5 Å². The highest BCUT2D eigenvalue weighted by Gasteiger charge is 2.15. The number of nitro groups is 1. The summed E-state index contributed by atoms with van der Waals surface area (Å²) in [5.41, 5.74) is 0.626. The summed E-state index contributed by atoms with van der Waals surface area (Å²) in [6.45, 7) is 0.220. The lowest BCUT2D eigenvalue weighted by atomic mass is 10.1. The van der Waals surface area contributed by atoms with Crippen molar-refractivity contribution in [2.45, 2.75) is 6.54 Å². The first-order valence-electron chi connectivity index (χ1n) is 5.97. The molecule has 1 amide bonds. The lowest BCUT2D eigenvalue weighted by Crippen LogP contribution is -2.23. The van der Waals surface area contributed by atoms with Crippen LogP contribution in [0.4, 0.5) is 5.69 Å². The van der Waals surface area contributed by atoms with Crippen molar-refractivity contribution < 1.29 is 14.8 Å². The number of nitrogens with one attached hydrogen (secondary N) is 1. The van der Waals surface area contributed by atoms with E-state index in [1.807, 2.05) is 0 Å². The molecule has 0 unspecified atom stereocenters. The molecule has 2 rings (SSSR count). The van der Waals surface area contributed by atoms with E-state index in [1.54, 1.807) is 12.1 Å². The first kappa shape index (κ1) is 14.8. The SMILES string of the molecule is O=C(NCc1ccc(O)cc1)c1cc([N+](=O)[O-])ccc1Cl. The highest BCUT2D eigenvalue weighted by molar-refractivity contribution is 6.33. The molecule has 0 bridgehead atoms. The molecule has 0 spiro atoms. The molecule has 0 aromatic heterocycles. The standard InChI is InChI=1S/C14H11ClN2O4/c15-13-6-3-10(17(20)21)7-12(13)14(19)16-8-9-1-4-11(18)5-2-9/h1-7,18H,8H2,(H,16,19). The molecule has 0 saturated carbocycles. The summed E-state index contributed by atoms with van der Waals surface area (Å²) in [6, 6.07) is 10.0. The normalized spacial score (nSPS) is 10.1. The van der Waals surface area contributed by atoms with Crippen LogP contribution in [-0.4, -0.2) is 15.9 Å². The van der Waals surface area contributed by atoms with E-state index in [4.69, 9.17) is 16.7 Å². The minimum absolute atomic E-state index is 0.0460. The second-order valence-electron chi connectivity index (χ2n) is 4.27. The van der Waals surface area contributed by atoms with E-state index in [0.29, 0.717) is 0 Å². The Hall–Kier alpha value is -2.60. The van der Waals surface area contributed by atoms with Crippen molar-refractivity contribution in [1.82, 2.24) is 5.32 Å². The number of carbonyl (C=O) groups excluding carboxylic acids is 1. The van der Waals surface area contributed by atoms with E-state index >= 15 is 0 Å². The number of amides is 1. The predicted molar refractivity (Wildman–Crippen MR) is 77.4 cm³/mol. The van der Waals surface area contributed by atoms with Crippen LogP contribution in [0.15, 0.2) is 42.5 Å². The number of phenols is 1. The largest absolute Gasteiger partial charge is 0.508 e. The maximum absolute atomic E-state index is 12.0. The Morgan fingerprint density at radius 2 is 1.90 bits per heavy atom. The number of hydrogen-bond acceptors (Lipinski definition) is 4. The van der Waals surface area contributed by atoms with Crippen LogP contribution in [0.3, 0.4) is 0 Å². The number of nitro benzene ring substituents is 1. The third-order valence-corrected chi connectivity index (χ3v) is 3.12. The van der Waals surface area contributed by atoms with Crippen LogP contribution in [0.5, 0.6) is 5.75 Å². The molecule has 0 saturated heterocycles. The first-order chi connectivity index (χ1) is 9.97. The zero-order chi connectivity index (χ0) is 15.4. The highest BCUT2D eigenvalue weighted by Crippen LogP contribution is 2.22. The summed E-state index contributed by atoms with van der Waals surface area (Å²) in [5, 5.41) is 22.6. The maximum Gasteiger partial charge on any atom is 0.270 e. The molecule has 7 heteroatoms. The molecule has 6 nitrogen and oxygen atoms in total. The molecule has 0 aliphatic heterocycles. The van der Waals surface area contributed by atoms with E-state index in [0.717, 1.165) is 11.6 Å². The van der Waals surface area contributed by atoms with Crippen LogP contribution in [0.1, 0.15) is 15.9 Å². The van der Waals surface area contributed by atoms with Crippen LogP contribution >= 0.6 is 11.6 Å². The van der Waals surface area contributed by atoms with Crippen LogP contribution in [0, 0.1) is 10.1 Å². The van der Waals surface area contributed by atoms with Gasteiger partial charge in [-0.15, -0.1) is 0 Å². The summed E-state index contributed by atoms with van der Waals surface area (Å²) in [7, 11) is 0. The molecule has 2 aromatic rings. The molecule has 0 aliphatic rings. The van der Waals surface area contributed by atoms with Crippen LogP contribution in [-0.2, 0) is 6.54 Å². The second kappa shape index (κ2) is 6.23. The minimum Gasteiger partial charge on any atom is -0.508 e. The van der Waals surface area contributed by atoms with Gasteiger partial charge in [0, 0.05) is 18.7 Å². The number of carbonyl (C=O) groups is 1. The molecular weight excluding hydrogens is 296 g/mol. The van der Waals surface area contributed by atoms with E-state index in [2.05, 4.69) is 5.32 Å². The Balaban J connectivity index is 2.11. The number of non-ortho nitro benzene ring substituents is 1. The average molecular weight is 307 g/mol. The van der Waals surface area contributed by atoms with Gasteiger partial charge in [0.1, 0.15) is 5.75 Å². The fraction of sp³-hybridized carbons (Fsp3) is 0.0714. The third kappa shape index (κ3) is 3.70. The van der Waals surface area contributed by atoms with Crippen LogP contribution in [0.25, 0.3) is 0 Å². The number of phenolic OH excluding ortho intramolecular Hbond substituents is 1. The van der Waals surface area contributed by atoms with Gasteiger partial charge in [0.25, 0.3) is 11.6 Å². The Morgan fingerprint density at radius 1 is 1.24 bits per heavy atom. The van der Waals surface area contributed by atoms with Gasteiger partial charge < -0.3 is 10.4 Å². The zero-order valence-corrected chi connectivity index (χ0v) is 11.5. The molecule has 2 aromatic carbocycles. The lowest BCUT2D eigenvalue weighted by Gasteiger charge is -2.07. The first-order valence-corrected chi connectivity index (χ1v) is 6.35. The quantitative estimate of drug-likeness (QED) is 0.671. The van der Waals surface area contributed by atoms with Gasteiger partial charge in [-0.2, -0.15) is 0 Å². The van der Waals surface area contributed by atoms with Crippen molar-refractivity contribution in [3.05, 3.63) is 68.7 Å². The molecule has 2 N–H and O–H groups in total. The molecule has 0 fully saturated rings. The molecule has 0 radical (unpaired) electrons. The van der Waals surface area contributed by atoms with Crippen molar-refractivity contribution in [3.63, 3.8) is 0 Å². The third-order valence-electron chi connectivity index (χ3n) is 2.79. The van der Waals surface area contributed by atoms with Crippen molar-refractivity contribution in [2.75, 3.05) is 0 Å². The highest BCUT2D eigenvalue weighted by atomic mass is 35.5. The topological polar surface area (TPSA) is 92.5 Å². The summed E-state index contributed by atoms with van der Waals surface area (Å²) >= 11 is 5.88. The summed E-state index contributed by atoms with van der Waals surface area (Å²) in [5.74, 6) is -0.372. The van der Waals surface area contributed by atoms with E-state index < -0.39 is 10.8 Å². The monoisotopic (exact) mass is 306 g/mol. The Morgan fingerprint density at radius 3 is 2.52 bits per heavy atom. The fourth-order valence-corrected chi connectivity index (χ4v) is 1.90. The number of hydrogen-bond donors (Lipinski definition) is 2. The molecule has 0 atom stereocenters. The molecule has 108 valence electrons. The number of aromatic hydroxyl groups is 1. The van der Waals surface area contributed by atoms with Crippen molar-refractivity contribution in [1.29, 1.82) is 0 Å². The van der Waals surface area contributed by atoms with Gasteiger partial charge in [0.15, 0.2) is 0 Å². The fourth-order valence-electron chi connectivity index (χ4n) is 1.69. The number of halogens is 1. The van der Waals surface area contributed by atoms with E-state index in [9.17, 15) is 14.9 Å². The number of nitrogens with zero attached hydrogens (tertiary/aromatic N) is 1. The van der Waals surface area contributed by atoms with Crippen molar-refractivity contribution in [2.24, 2.45) is 0 Å². The minimum atomic E-state index is -0.590. The van der Waals surface area contributed by atoms with Crippen molar-refractivity contribution in [3.8, 4) is 5.75 Å². The van der Waals surface area contributed by atoms with Gasteiger partial charge in [-0.25, -0.2) is 0 Å². The molecular formula is C14H11ClN2O4. The number of benzene rings is 2. The van der Waals surface area contributed by atoms with Gasteiger partial charge in [-0.3, -0.25) is 14.9 Å². The summed E-state index contributed by atoms with van der Waals surface area (Å²) in [6.07, 6.45) is 0. The van der Waals surface area contributed by atoms with Gasteiger partial charge in [-0.1, -0.05) is 23.7 Å². The Labute approximate surface area is 125 Å².